The molecule has 3 aromatic rings. The van der Waals surface area contributed by atoms with Gasteiger partial charge in [0.05, 0.1) is 19.6 Å². The molecule has 0 aliphatic carbocycles. The summed E-state index contributed by atoms with van der Waals surface area (Å²) in [5.41, 5.74) is 3.24. The Bertz CT molecular complexity index is 1690. The third kappa shape index (κ3) is 2.07. The van der Waals surface area contributed by atoms with Crippen LogP contribution in [-0.2, 0) is 19.7 Å². The summed E-state index contributed by atoms with van der Waals surface area (Å²) >= 11 is 0. The Morgan fingerprint density at radius 3 is 1.26 bits per heavy atom. The highest BCUT2D eigenvalue weighted by molar-refractivity contribution is 8.02. The summed E-state index contributed by atoms with van der Waals surface area (Å²) in [5.74, 6) is 0. The van der Waals surface area contributed by atoms with Crippen LogP contribution in [0.2, 0.25) is 26.2 Å². The molecular formula is C26H22O4S2Si2. The van der Waals surface area contributed by atoms with Crippen molar-refractivity contribution in [2.75, 3.05) is 0 Å². The maximum atomic E-state index is 13.7. The molecule has 4 nitrogen and oxygen atoms in total. The van der Waals surface area contributed by atoms with E-state index in [0.717, 1.165) is 43.0 Å². The topological polar surface area (TPSA) is 68.3 Å². The zero-order chi connectivity index (χ0) is 24.0. The van der Waals surface area contributed by atoms with Gasteiger partial charge in [0, 0.05) is 0 Å². The minimum absolute atomic E-state index is 0.403. The van der Waals surface area contributed by atoms with Crippen molar-refractivity contribution < 1.29 is 16.8 Å². The van der Waals surface area contributed by atoms with E-state index in [9.17, 15) is 16.8 Å². The van der Waals surface area contributed by atoms with E-state index in [-0.39, 0.29) is 0 Å². The summed E-state index contributed by atoms with van der Waals surface area (Å²) in [5, 5.41) is 3.99. The molecule has 3 aromatic carbocycles. The lowest BCUT2D eigenvalue weighted by atomic mass is 10.1. The van der Waals surface area contributed by atoms with Crippen molar-refractivity contribution >= 4 is 66.4 Å². The van der Waals surface area contributed by atoms with Gasteiger partial charge >= 0.3 is 0 Å². The van der Waals surface area contributed by atoms with E-state index in [1.165, 1.54) is 0 Å². The fourth-order valence-electron chi connectivity index (χ4n) is 6.63. The molecule has 4 aliphatic heterocycles. The molecule has 0 N–H and O–H groups in total. The number of fused-ring (bicyclic) bond motifs is 8. The van der Waals surface area contributed by atoms with Crippen molar-refractivity contribution in [3.8, 4) is 0 Å². The number of benzene rings is 3. The molecule has 34 heavy (non-hydrogen) atoms. The first kappa shape index (κ1) is 20.8. The highest BCUT2D eigenvalue weighted by Gasteiger charge is 2.55. The molecule has 7 rings (SSSR count). The average Bonchev–Trinajstić information content (AvgIpc) is 3.36. The van der Waals surface area contributed by atoms with Crippen molar-refractivity contribution in [3.05, 3.63) is 82.9 Å². The molecule has 0 radical (unpaired) electrons. The van der Waals surface area contributed by atoms with Crippen LogP contribution in [0.15, 0.2) is 70.5 Å². The second kappa shape index (κ2) is 5.81. The summed E-state index contributed by atoms with van der Waals surface area (Å²) in [7, 11) is -12.0. The fraction of sp³-hybridized carbons (Fsp3) is 0.154. The Labute approximate surface area is 201 Å². The summed E-state index contributed by atoms with van der Waals surface area (Å²) in [4.78, 5) is 1.73. The SMILES string of the molecule is C[Si]1(C)C2=C(c3cc4c(cc31)C1=C(c3ccccc3S1(=O)=O)[Si]4(C)C)S(=O)(=O)c1ccccc12. The predicted molar refractivity (Wildman–Crippen MR) is 142 cm³/mol. The molecule has 4 heterocycles. The standard InChI is InChI=1S/C26H22O4S2Si2/c1-33(2)21-13-18-22(14-17(21)23-25(33)15-9-5-7-11-19(15)31(23,27)28)34(3,4)26-16-10-6-8-12-20(16)32(29,30)24(18)26/h5-14H,1-4H3. The van der Waals surface area contributed by atoms with Crippen molar-refractivity contribution in [1.29, 1.82) is 0 Å². The molecule has 0 spiro atoms. The van der Waals surface area contributed by atoms with Gasteiger partial charge in [0.15, 0.2) is 0 Å². The van der Waals surface area contributed by atoms with Crippen molar-refractivity contribution in [2.45, 2.75) is 36.0 Å². The number of sulfone groups is 2. The van der Waals surface area contributed by atoms with Crippen LogP contribution in [0.25, 0.3) is 20.2 Å². The lowest BCUT2D eigenvalue weighted by Crippen LogP contribution is -2.45. The van der Waals surface area contributed by atoms with Gasteiger partial charge in [-0.1, -0.05) is 74.7 Å². The summed E-state index contributed by atoms with van der Waals surface area (Å²) in [6.07, 6.45) is 0. The lowest BCUT2D eigenvalue weighted by Gasteiger charge is -2.26. The Hall–Kier alpha value is -2.53. The molecule has 0 aromatic heterocycles. The van der Waals surface area contributed by atoms with Crippen molar-refractivity contribution in [1.82, 2.24) is 0 Å². The van der Waals surface area contributed by atoms with Gasteiger partial charge in [0.25, 0.3) is 0 Å². The normalized spacial score (nSPS) is 22.7. The molecule has 0 saturated carbocycles. The Morgan fingerprint density at radius 2 is 0.882 bits per heavy atom. The van der Waals surface area contributed by atoms with Crippen LogP contribution in [0, 0.1) is 0 Å². The minimum Gasteiger partial charge on any atom is -0.218 e. The Balaban J connectivity index is 1.56. The van der Waals surface area contributed by atoms with Gasteiger partial charge in [-0.3, -0.25) is 0 Å². The second-order valence-electron chi connectivity index (χ2n) is 10.6. The molecule has 0 bridgehead atoms. The van der Waals surface area contributed by atoms with E-state index in [4.69, 9.17) is 0 Å². The first-order chi connectivity index (χ1) is 15.9. The number of hydrogen-bond acceptors (Lipinski definition) is 4. The molecule has 0 unspecified atom stereocenters. The molecule has 4 aliphatic rings. The van der Waals surface area contributed by atoms with Gasteiger partial charge in [-0.05, 0) is 55.2 Å². The highest BCUT2D eigenvalue weighted by Crippen LogP contribution is 2.55. The van der Waals surface area contributed by atoms with Gasteiger partial charge in [0.2, 0.25) is 19.7 Å². The molecule has 170 valence electrons. The first-order valence-corrected chi connectivity index (χ1v) is 20.3. The third-order valence-corrected chi connectivity index (χ3v) is 19.3. The van der Waals surface area contributed by atoms with Crippen LogP contribution in [0.3, 0.4) is 0 Å². The van der Waals surface area contributed by atoms with Gasteiger partial charge in [0.1, 0.15) is 16.1 Å². The largest absolute Gasteiger partial charge is 0.218 e. The van der Waals surface area contributed by atoms with Crippen LogP contribution in [0.4, 0.5) is 0 Å². The summed E-state index contributed by atoms with van der Waals surface area (Å²) in [6, 6.07) is 18.7. The van der Waals surface area contributed by atoms with E-state index < -0.39 is 35.8 Å². The van der Waals surface area contributed by atoms with E-state index in [0.29, 0.717) is 19.6 Å². The number of rotatable bonds is 0. The van der Waals surface area contributed by atoms with Crippen LogP contribution < -0.4 is 10.4 Å². The number of hydrogen-bond donors (Lipinski definition) is 0. The van der Waals surface area contributed by atoms with E-state index in [2.05, 4.69) is 26.2 Å². The third-order valence-electron chi connectivity index (χ3n) is 8.13. The predicted octanol–water partition coefficient (Wildman–Crippen LogP) is 3.93. The molecule has 0 atom stereocenters. The quantitative estimate of drug-likeness (QED) is 0.423. The molecule has 0 amide bonds. The summed E-state index contributed by atoms with van der Waals surface area (Å²) < 4.78 is 54.8. The minimum atomic E-state index is -3.61. The monoisotopic (exact) mass is 518 g/mol. The van der Waals surface area contributed by atoms with Gasteiger partial charge in [-0.15, -0.1) is 0 Å². The average molecular weight is 519 g/mol. The zero-order valence-corrected chi connectivity index (χ0v) is 22.9. The van der Waals surface area contributed by atoms with Crippen molar-refractivity contribution in [2.24, 2.45) is 0 Å². The molecule has 0 fully saturated rings. The van der Waals surface area contributed by atoms with Gasteiger partial charge in [-0.2, -0.15) is 0 Å². The lowest BCUT2D eigenvalue weighted by molar-refractivity contribution is 0.605. The van der Waals surface area contributed by atoms with Crippen LogP contribution >= 0.6 is 0 Å². The maximum Gasteiger partial charge on any atom is 0.207 e. The van der Waals surface area contributed by atoms with Crippen molar-refractivity contribution in [3.63, 3.8) is 0 Å². The van der Waals surface area contributed by atoms with Crippen LogP contribution in [0.1, 0.15) is 22.3 Å². The van der Waals surface area contributed by atoms with Crippen LogP contribution in [0.5, 0.6) is 0 Å². The molecule has 8 heteroatoms. The fourth-order valence-corrected chi connectivity index (χ4v) is 19.4. The second-order valence-corrected chi connectivity index (χ2v) is 22.9. The Morgan fingerprint density at radius 1 is 0.529 bits per heavy atom. The summed E-state index contributed by atoms with van der Waals surface area (Å²) in [6.45, 7) is 8.73. The van der Waals surface area contributed by atoms with E-state index in [1.807, 2.05) is 36.4 Å². The van der Waals surface area contributed by atoms with E-state index in [1.54, 1.807) is 24.3 Å². The molecular weight excluding hydrogens is 497 g/mol. The Kier molecular flexibility index (Phi) is 3.56. The smallest absolute Gasteiger partial charge is 0.207 e. The van der Waals surface area contributed by atoms with Crippen LogP contribution in [-0.4, -0.2) is 33.0 Å². The first-order valence-electron chi connectivity index (χ1n) is 11.3. The highest BCUT2D eigenvalue weighted by atomic mass is 32.2. The zero-order valence-electron chi connectivity index (χ0n) is 19.2. The van der Waals surface area contributed by atoms with E-state index >= 15 is 0 Å². The maximum absolute atomic E-state index is 13.7. The van der Waals surface area contributed by atoms with Gasteiger partial charge in [-0.25, -0.2) is 16.8 Å². The van der Waals surface area contributed by atoms with Gasteiger partial charge < -0.3 is 0 Å². The molecule has 0 saturated heterocycles.